The quantitative estimate of drug-likeness (QED) is 0.688. The van der Waals surface area contributed by atoms with Crippen LogP contribution in [0.2, 0.25) is 10.0 Å². The van der Waals surface area contributed by atoms with E-state index in [1.165, 1.54) is 30.6 Å². The van der Waals surface area contributed by atoms with Gasteiger partial charge in [-0.15, -0.1) is 11.3 Å². The lowest BCUT2D eigenvalue weighted by Crippen LogP contribution is -2.26. The van der Waals surface area contributed by atoms with E-state index in [0.717, 1.165) is 10.1 Å². The number of rotatable bonds is 5. The summed E-state index contributed by atoms with van der Waals surface area (Å²) in [5.74, 6) is -0.0556. The fourth-order valence-corrected chi connectivity index (χ4v) is 4.89. The Bertz CT molecular complexity index is 735. The molecule has 1 aromatic heterocycles. The van der Waals surface area contributed by atoms with Crippen LogP contribution in [-0.2, 0) is 4.79 Å². The first-order chi connectivity index (χ1) is 11.0. The summed E-state index contributed by atoms with van der Waals surface area (Å²) >= 11 is 14.4. The topological polar surface area (TPSA) is 46.5 Å². The van der Waals surface area contributed by atoms with Gasteiger partial charge in [0.05, 0.1) is 9.72 Å². The second-order valence-electron chi connectivity index (χ2n) is 5.90. The molecule has 1 saturated carbocycles. The Morgan fingerprint density at radius 2 is 2.04 bits per heavy atom. The van der Waals surface area contributed by atoms with Crippen LogP contribution in [0.1, 0.15) is 49.8 Å². The van der Waals surface area contributed by atoms with Gasteiger partial charge in [-0.2, -0.15) is 0 Å². The molecule has 0 amide bonds. The van der Waals surface area contributed by atoms with Gasteiger partial charge < -0.3 is 9.84 Å². The molecule has 23 heavy (non-hydrogen) atoms. The van der Waals surface area contributed by atoms with Crippen LogP contribution in [0.3, 0.4) is 0 Å². The maximum atomic E-state index is 11.2. The normalized spacial score (nSPS) is 16.8. The zero-order valence-corrected chi connectivity index (χ0v) is 15.1. The van der Waals surface area contributed by atoms with Crippen molar-refractivity contribution in [2.45, 2.75) is 51.0 Å². The van der Waals surface area contributed by atoms with E-state index in [1.807, 2.05) is 6.07 Å². The predicted molar refractivity (Wildman–Crippen MR) is 95.4 cm³/mol. The van der Waals surface area contributed by atoms with Gasteiger partial charge in [0, 0.05) is 4.88 Å². The molecule has 3 rings (SSSR count). The van der Waals surface area contributed by atoms with Crippen molar-refractivity contribution in [3.8, 4) is 5.75 Å². The Morgan fingerprint density at radius 3 is 2.65 bits per heavy atom. The fourth-order valence-electron chi connectivity index (χ4n) is 3.08. The second-order valence-corrected chi connectivity index (χ2v) is 7.74. The number of hydrogen-bond donors (Lipinski definition) is 1. The third kappa shape index (κ3) is 3.30. The molecule has 0 radical (unpaired) electrons. The molecule has 1 aromatic carbocycles. The van der Waals surface area contributed by atoms with Gasteiger partial charge in [0.15, 0.2) is 6.10 Å². The van der Waals surface area contributed by atoms with Gasteiger partial charge in [-0.25, -0.2) is 4.79 Å². The molecule has 0 aliphatic heterocycles. The van der Waals surface area contributed by atoms with E-state index in [4.69, 9.17) is 33.0 Å². The number of carboxylic acids is 1. The lowest BCUT2D eigenvalue weighted by molar-refractivity contribution is -0.145. The maximum Gasteiger partial charge on any atom is 0.344 e. The van der Waals surface area contributed by atoms with Gasteiger partial charge in [-0.05, 0) is 42.7 Å². The first kappa shape index (κ1) is 16.9. The Labute approximate surface area is 149 Å². The van der Waals surface area contributed by atoms with Crippen LogP contribution in [0.4, 0.5) is 0 Å². The minimum absolute atomic E-state index is 0.290. The SMILES string of the molecule is CCC(Oc1cc2cc(C3CCCC3)sc2c(Cl)c1Cl)C(=O)O. The smallest absolute Gasteiger partial charge is 0.344 e. The third-order valence-corrected chi connectivity index (χ3v) is 6.64. The average Bonchev–Trinajstić information content (AvgIpc) is 3.17. The second kappa shape index (κ2) is 6.88. The molecule has 0 bridgehead atoms. The molecular weight excluding hydrogens is 355 g/mol. The minimum Gasteiger partial charge on any atom is -0.479 e. The Hall–Kier alpha value is -0.970. The molecule has 1 fully saturated rings. The molecular formula is C17H18Cl2O3S. The highest BCUT2D eigenvalue weighted by molar-refractivity contribution is 7.19. The lowest BCUT2D eigenvalue weighted by Gasteiger charge is -2.15. The van der Waals surface area contributed by atoms with Crippen LogP contribution < -0.4 is 4.74 Å². The van der Waals surface area contributed by atoms with Gasteiger partial charge in [0.25, 0.3) is 0 Å². The zero-order valence-electron chi connectivity index (χ0n) is 12.8. The van der Waals surface area contributed by atoms with Crippen LogP contribution in [0.25, 0.3) is 10.1 Å². The van der Waals surface area contributed by atoms with E-state index in [9.17, 15) is 4.79 Å². The molecule has 2 aromatic rings. The van der Waals surface area contributed by atoms with Crippen molar-refractivity contribution in [3.63, 3.8) is 0 Å². The zero-order chi connectivity index (χ0) is 16.6. The molecule has 124 valence electrons. The van der Waals surface area contributed by atoms with Crippen LogP contribution >= 0.6 is 34.5 Å². The van der Waals surface area contributed by atoms with Gasteiger partial charge in [-0.3, -0.25) is 0 Å². The summed E-state index contributed by atoms with van der Waals surface area (Å²) in [6.07, 6.45) is 4.43. The number of hydrogen-bond acceptors (Lipinski definition) is 3. The van der Waals surface area contributed by atoms with Crippen molar-refractivity contribution in [2.75, 3.05) is 0 Å². The lowest BCUT2D eigenvalue weighted by atomic mass is 10.1. The number of thiophene rings is 1. The molecule has 3 nitrogen and oxygen atoms in total. The first-order valence-electron chi connectivity index (χ1n) is 7.82. The van der Waals surface area contributed by atoms with Gasteiger partial charge in [0.1, 0.15) is 10.8 Å². The highest BCUT2D eigenvalue weighted by Gasteiger charge is 2.23. The Morgan fingerprint density at radius 1 is 1.35 bits per heavy atom. The van der Waals surface area contributed by atoms with Gasteiger partial charge in [-0.1, -0.05) is 43.0 Å². The first-order valence-corrected chi connectivity index (χ1v) is 9.39. The number of halogens is 2. The van der Waals surface area contributed by atoms with Crippen molar-refractivity contribution < 1.29 is 14.6 Å². The molecule has 1 aliphatic carbocycles. The van der Waals surface area contributed by atoms with E-state index >= 15 is 0 Å². The van der Waals surface area contributed by atoms with E-state index < -0.39 is 12.1 Å². The standard InChI is InChI=1S/C17H18Cl2O3S/c1-2-11(17(20)21)22-12-7-10-8-13(9-5-3-4-6-9)23-16(10)15(19)14(12)18/h7-9,11H,2-6H2,1H3,(H,20,21). The molecule has 1 aliphatic rings. The van der Waals surface area contributed by atoms with Gasteiger partial charge in [0.2, 0.25) is 0 Å². The van der Waals surface area contributed by atoms with Crippen molar-refractivity contribution >= 4 is 50.6 Å². The molecule has 0 saturated heterocycles. The van der Waals surface area contributed by atoms with Crippen LogP contribution in [0.15, 0.2) is 12.1 Å². The highest BCUT2D eigenvalue weighted by Crippen LogP contribution is 2.46. The summed E-state index contributed by atoms with van der Waals surface area (Å²) in [5.41, 5.74) is 0. The number of benzene rings is 1. The van der Waals surface area contributed by atoms with Crippen LogP contribution in [0, 0.1) is 0 Å². The number of carboxylic acid groups (broad SMARTS) is 1. The number of aliphatic carboxylic acids is 1. The summed E-state index contributed by atoms with van der Waals surface area (Å²) in [7, 11) is 0. The number of ether oxygens (including phenoxy) is 1. The molecule has 1 heterocycles. The largest absolute Gasteiger partial charge is 0.479 e. The summed E-state index contributed by atoms with van der Waals surface area (Å²) in [5, 5.41) is 10.9. The molecule has 1 unspecified atom stereocenters. The summed E-state index contributed by atoms with van der Waals surface area (Å²) in [4.78, 5) is 12.5. The van der Waals surface area contributed by atoms with Crippen molar-refractivity contribution in [2.24, 2.45) is 0 Å². The Balaban J connectivity index is 1.99. The van der Waals surface area contributed by atoms with E-state index in [2.05, 4.69) is 6.07 Å². The maximum absolute atomic E-state index is 11.2. The number of carbonyl (C=O) groups is 1. The van der Waals surface area contributed by atoms with Crippen molar-refractivity contribution in [1.29, 1.82) is 0 Å². The molecule has 1 N–H and O–H groups in total. The Kier molecular flexibility index (Phi) is 5.04. The predicted octanol–water partition coefficient (Wildman–Crippen LogP) is 6.11. The fraction of sp³-hybridized carbons (Fsp3) is 0.471. The van der Waals surface area contributed by atoms with Crippen LogP contribution in [0.5, 0.6) is 5.75 Å². The summed E-state index contributed by atoms with van der Waals surface area (Å²) < 4.78 is 6.52. The van der Waals surface area contributed by atoms with E-state index in [0.29, 0.717) is 28.1 Å². The number of fused-ring (bicyclic) bond motifs is 1. The molecule has 6 heteroatoms. The van der Waals surface area contributed by atoms with Crippen molar-refractivity contribution in [3.05, 3.63) is 27.1 Å². The average molecular weight is 373 g/mol. The summed E-state index contributed by atoms with van der Waals surface area (Å²) in [6, 6.07) is 3.96. The monoisotopic (exact) mass is 372 g/mol. The third-order valence-electron chi connectivity index (χ3n) is 4.35. The molecule has 0 spiro atoms. The molecule has 1 atom stereocenters. The van der Waals surface area contributed by atoms with Crippen molar-refractivity contribution in [1.82, 2.24) is 0 Å². The van der Waals surface area contributed by atoms with Gasteiger partial charge >= 0.3 is 5.97 Å². The minimum atomic E-state index is -1.00. The van der Waals surface area contributed by atoms with E-state index in [1.54, 1.807) is 18.3 Å². The highest BCUT2D eigenvalue weighted by atomic mass is 35.5. The summed E-state index contributed by atoms with van der Waals surface area (Å²) in [6.45, 7) is 1.76. The van der Waals surface area contributed by atoms with E-state index in [-0.39, 0.29) is 0 Å². The van der Waals surface area contributed by atoms with Crippen LogP contribution in [-0.4, -0.2) is 17.2 Å².